The van der Waals surface area contributed by atoms with E-state index in [4.69, 9.17) is 5.10 Å². The molecule has 0 amide bonds. The maximum absolute atomic E-state index is 9.75. The number of fused-ring (bicyclic) bond motifs is 1. The molecule has 1 atom stereocenters. The van der Waals surface area contributed by atoms with Crippen LogP contribution in [0.3, 0.4) is 0 Å². The summed E-state index contributed by atoms with van der Waals surface area (Å²) >= 11 is 0. The highest BCUT2D eigenvalue weighted by Gasteiger charge is 2.32. The molecule has 2 heterocycles. The molecule has 1 aliphatic rings. The first-order chi connectivity index (χ1) is 11.9. The number of aryl methyl sites for hydroxylation is 1. The minimum atomic E-state index is -6.00. The number of rotatable bonds is 2. The maximum Gasteiger partial charge on any atom is 0.673 e. The topological polar surface area (TPSA) is 21.7 Å². The summed E-state index contributed by atoms with van der Waals surface area (Å²) in [5, 5.41) is 4.72. The fourth-order valence-corrected chi connectivity index (χ4v) is 2.94. The highest BCUT2D eigenvalue weighted by atomic mass is 19.5. The van der Waals surface area contributed by atoms with Gasteiger partial charge in [0.05, 0.1) is 0 Å². The monoisotopic (exact) mass is 349 g/mol. The molecule has 3 nitrogen and oxygen atoms in total. The quantitative estimate of drug-likeness (QED) is 0.389. The predicted octanol–water partition coefficient (Wildman–Crippen LogP) is 4.00. The summed E-state index contributed by atoms with van der Waals surface area (Å²) in [6, 6.07) is 21.4. The van der Waals surface area contributed by atoms with Crippen molar-refractivity contribution in [1.82, 2.24) is 9.78 Å². The third kappa shape index (κ3) is 4.46. The summed E-state index contributed by atoms with van der Waals surface area (Å²) < 4.78 is 43.3. The lowest BCUT2D eigenvalue weighted by Gasteiger charge is -2.08. The van der Waals surface area contributed by atoms with Crippen LogP contribution >= 0.6 is 0 Å². The molecule has 0 aliphatic carbocycles. The van der Waals surface area contributed by atoms with Crippen LogP contribution in [0, 0.1) is 0 Å². The fraction of sp³-hybridized carbons (Fsp3) is 0.176. The van der Waals surface area contributed by atoms with Gasteiger partial charge in [-0.2, -0.15) is 0 Å². The molecule has 0 saturated heterocycles. The van der Waals surface area contributed by atoms with Gasteiger partial charge in [0.1, 0.15) is 11.7 Å². The van der Waals surface area contributed by atoms with E-state index >= 15 is 0 Å². The van der Waals surface area contributed by atoms with Crippen molar-refractivity contribution < 1.29 is 21.8 Å². The molecule has 0 radical (unpaired) electrons. The van der Waals surface area contributed by atoms with E-state index in [9.17, 15) is 17.3 Å². The Bertz CT molecular complexity index is 813. The molecule has 0 unspecified atom stereocenters. The summed E-state index contributed by atoms with van der Waals surface area (Å²) in [6.45, 7) is 0. The molecule has 0 saturated carbocycles. The lowest BCUT2D eigenvalue weighted by Crippen LogP contribution is -2.36. The van der Waals surface area contributed by atoms with Gasteiger partial charge < -0.3 is 17.3 Å². The van der Waals surface area contributed by atoms with Crippen molar-refractivity contribution in [2.45, 2.75) is 18.9 Å². The zero-order chi connectivity index (χ0) is 17.9. The number of halogens is 4. The van der Waals surface area contributed by atoms with Gasteiger partial charge in [-0.25, -0.2) is 4.57 Å². The lowest BCUT2D eigenvalue weighted by molar-refractivity contribution is -0.707. The lowest BCUT2D eigenvalue weighted by atomic mass is 10.1. The zero-order valence-electron chi connectivity index (χ0n) is 13.3. The number of hydrogen-bond acceptors (Lipinski definition) is 1. The van der Waals surface area contributed by atoms with Gasteiger partial charge >= 0.3 is 7.25 Å². The van der Waals surface area contributed by atoms with E-state index in [0.29, 0.717) is 6.04 Å². The van der Waals surface area contributed by atoms with E-state index in [1.165, 1.54) is 11.4 Å². The molecule has 1 aliphatic heterocycles. The van der Waals surface area contributed by atoms with Gasteiger partial charge in [-0.1, -0.05) is 53.2 Å². The number of para-hydroxylation sites is 1. The van der Waals surface area contributed by atoms with Gasteiger partial charge in [-0.3, -0.25) is 0 Å². The van der Waals surface area contributed by atoms with E-state index in [1.807, 2.05) is 22.9 Å². The largest absolute Gasteiger partial charge is 0.673 e. The van der Waals surface area contributed by atoms with Crippen LogP contribution in [0.2, 0.25) is 0 Å². The molecule has 0 N–H and O–H groups in total. The van der Waals surface area contributed by atoms with Gasteiger partial charge in [-0.15, -0.1) is 0 Å². The first-order valence-electron chi connectivity index (χ1n) is 7.89. The van der Waals surface area contributed by atoms with Crippen molar-refractivity contribution in [3.8, 4) is 5.69 Å². The smallest absolute Gasteiger partial charge is 0.418 e. The van der Waals surface area contributed by atoms with E-state index in [2.05, 4.69) is 53.4 Å². The van der Waals surface area contributed by atoms with Crippen molar-refractivity contribution in [2.24, 2.45) is 0 Å². The van der Waals surface area contributed by atoms with E-state index in [1.54, 1.807) is 0 Å². The molecule has 3 aromatic rings. The number of aromatic nitrogens is 3. The molecule has 0 fully saturated rings. The third-order valence-electron chi connectivity index (χ3n) is 3.94. The van der Waals surface area contributed by atoms with E-state index in [0.717, 1.165) is 18.5 Å². The van der Waals surface area contributed by atoms with Crippen LogP contribution in [0.5, 0.6) is 0 Å². The highest BCUT2D eigenvalue weighted by molar-refractivity contribution is 6.50. The van der Waals surface area contributed by atoms with E-state index in [-0.39, 0.29) is 0 Å². The molecule has 1 aromatic heterocycles. The second kappa shape index (κ2) is 7.08. The SMILES string of the molecule is F[B-](F)(F)F.c1ccc([C@H]2CCc3nn(-c4ccccc4)c[n+]32)cc1. The van der Waals surface area contributed by atoms with Crippen LogP contribution in [-0.2, 0) is 6.42 Å². The zero-order valence-corrected chi connectivity index (χ0v) is 13.3. The average molecular weight is 349 g/mol. The molecule has 4 rings (SSSR count). The average Bonchev–Trinajstić information content (AvgIpc) is 3.15. The Labute approximate surface area is 142 Å². The predicted molar refractivity (Wildman–Crippen MR) is 86.8 cm³/mol. The Kier molecular flexibility index (Phi) is 4.87. The molecule has 0 spiro atoms. The van der Waals surface area contributed by atoms with Crippen LogP contribution in [0.15, 0.2) is 67.0 Å². The van der Waals surface area contributed by atoms with Gasteiger partial charge in [0.25, 0.3) is 5.82 Å². The number of hydrogen-bond donors (Lipinski definition) is 0. The molecule has 0 bridgehead atoms. The Morgan fingerprint density at radius 2 is 1.48 bits per heavy atom. The van der Waals surface area contributed by atoms with Crippen molar-refractivity contribution >= 4 is 7.25 Å². The Morgan fingerprint density at radius 3 is 2.08 bits per heavy atom. The van der Waals surface area contributed by atoms with Crippen LogP contribution in [0.1, 0.15) is 23.9 Å². The first kappa shape index (κ1) is 17.2. The number of benzene rings is 2. The van der Waals surface area contributed by atoms with Crippen LogP contribution in [0.4, 0.5) is 17.3 Å². The second-order valence-corrected chi connectivity index (χ2v) is 5.68. The van der Waals surface area contributed by atoms with Gasteiger partial charge in [0, 0.05) is 11.5 Å². The molecule has 2 aromatic carbocycles. The highest BCUT2D eigenvalue weighted by Crippen LogP contribution is 2.23. The van der Waals surface area contributed by atoms with Crippen molar-refractivity contribution in [2.75, 3.05) is 0 Å². The summed E-state index contributed by atoms with van der Waals surface area (Å²) in [5.74, 6) is 1.17. The van der Waals surface area contributed by atoms with Crippen LogP contribution < -0.4 is 4.57 Å². The van der Waals surface area contributed by atoms with Crippen molar-refractivity contribution in [1.29, 1.82) is 0 Å². The second-order valence-electron chi connectivity index (χ2n) is 5.68. The normalized spacial score (nSPS) is 16.1. The minimum Gasteiger partial charge on any atom is -0.418 e. The van der Waals surface area contributed by atoms with Crippen molar-refractivity contribution in [3.05, 3.63) is 78.4 Å². The van der Waals surface area contributed by atoms with Crippen LogP contribution in [0.25, 0.3) is 5.69 Å². The van der Waals surface area contributed by atoms with E-state index < -0.39 is 7.25 Å². The molecular weight excluding hydrogens is 333 g/mol. The summed E-state index contributed by atoms with van der Waals surface area (Å²) in [6.07, 6.45) is 4.30. The van der Waals surface area contributed by atoms with Crippen LogP contribution in [-0.4, -0.2) is 17.0 Å². The van der Waals surface area contributed by atoms with Gasteiger partial charge in [0.15, 0.2) is 0 Å². The molecule has 8 heteroatoms. The molecular formula is C17H16BF4N3. The standard InChI is InChI=1S/C17H16N3.BF4/c1-3-7-14(8-4-1)16-11-12-17-18-20(13-19(16)17)15-9-5-2-6-10-15;2-1(3,4)5/h1-10,13,16H,11-12H2;/q+1;-1/t16-;/m1./s1. The third-order valence-corrected chi connectivity index (χ3v) is 3.94. The fourth-order valence-electron chi connectivity index (χ4n) is 2.94. The summed E-state index contributed by atoms with van der Waals surface area (Å²) in [4.78, 5) is 0. The minimum absolute atomic E-state index is 0.420. The molecule has 130 valence electrons. The summed E-state index contributed by atoms with van der Waals surface area (Å²) in [5.41, 5.74) is 2.48. The van der Waals surface area contributed by atoms with Gasteiger partial charge in [0.2, 0.25) is 6.33 Å². The number of nitrogens with zero attached hydrogens (tertiary/aromatic N) is 3. The Morgan fingerprint density at radius 1 is 0.920 bits per heavy atom. The summed E-state index contributed by atoms with van der Waals surface area (Å²) in [7, 11) is -6.00. The van der Waals surface area contributed by atoms with Gasteiger partial charge in [-0.05, 0) is 24.1 Å². The Balaban J connectivity index is 0.000000324. The Hall–Kier alpha value is -2.64. The molecule has 25 heavy (non-hydrogen) atoms. The first-order valence-corrected chi connectivity index (χ1v) is 7.89. The maximum atomic E-state index is 9.75. The van der Waals surface area contributed by atoms with Crippen molar-refractivity contribution in [3.63, 3.8) is 0 Å².